The highest BCUT2D eigenvalue weighted by Gasteiger charge is 2.16. The number of rotatable bonds is 2. The van der Waals surface area contributed by atoms with Crippen LogP contribution in [-0.2, 0) is 4.74 Å². The number of benzene rings is 1. The largest absolute Gasteiger partial charge is 0.508 e. The molecule has 0 radical (unpaired) electrons. The Balaban J connectivity index is 0.000000770. The molecule has 3 heteroatoms. The van der Waals surface area contributed by atoms with Gasteiger partial charge in [-0.3, -0.25) is 0 Å². The zero-order valence-electron chi connectivity index (χ0n) is 11.1. The SMILES string of the molecule is C=CN.CC(OC(C)(C)C)c1cccc(O)c1. The van der Waals surface area contributed by atoms with E-state index in [1.54, 1.807) is 12.1 Å². The zero-order chi connectivity index (χ0) is 13.5. The number of nitrogens with two attached hydrogens (primary N) is 1. The van der Waals surface area contributed by atoms with Gasteiger partial charge in [-0.05, 0) is 51.6 Å². The maximum atomic E-state index is 9.30. The molecule has 0 saturated heterocycles. The predicted molar refractivity (Wildman–Crippen MR) is 71.7 cm³/mol. The van der Waals surface area contributed by atoms with Crippen LogP contribution in [0.3, 0.4) is 0 Å². The summed E-state index contributed by atoms with van der Waals surface area (Å²) in [6, 6.07) is 7.17. The summed E-state index contributed by atoms with van der Waals surface area (Å²) < 4.78 is 5.77. The van der Waals surface area contributed by atoms with E-state index in [0.717, 1.165) is 5.56 Å². The van der Waals surface area contributed by atoms with Crippen LogP contribution >= 0.6 is 0 Å². The monoisotopic (exact) mass is 237 g/mol. The van der Waals surface area contributed by atoms with Gasteiger partial charge in [0.1, 0.15) is 5.75 Å². The highest BCUT2D eigenvalue weighted by Crippen LogP contribution is 2.25. The third-order valence-corrected chi connectivity index (χ3v) is 1.87. The minimum atomic E-state index is -0.162. The van der Waals surface area contributed by atoms with Gasteiger partial charge >= 0.3 is 0 Å². The molecule has 96 valence electrons. The van der Waals surface area contributed by atoms with Crippen molar-refractivity contribution in [3.8, 4) is 5.75 Å². The van der Waals surface area contributed by atoms with Crippen molar-refractivity contribution in [3.05, 3.63) is 42.6 Å². The number of hydrogen-bond donors (Lipinski definition) is 2. The van der Waals surface area contributed by atoms with Crippen LogP contribution in [0, 0.1) is 0 Å². The van der Waals surface area contributed by atoms with E-state index in [9.17, 15) is 5.11 Å². The fourth-order valence-corrected chi connectivity index (χ4v) is 1.38. The van der Waals surface area contributed by atoms with Gasteiger partial charge in [-0.25, -0.2) is 0 Å². The van der Waals surface area contributed by atoms with Gasteiger partial charge in [0.05, 0.1) is 11.7 Å². The lowest BCUT2D eigenvalue weighted by Gasteiger charge is -2.25. The van der Waals surface area contributed by atoms with Crippen molar-refractivity contribution in [2.45, 2.75) is 39.4 Å². The third-order valence-electron chi connectivity index (χ3n) is 1.87. The van der Waals surface area contributed by atoms with E-state index in [4.69, 9.17) is 4.74 Å². The molecule has 1 aromatic rings. The van der Waals surface area contributed by atoms with E-state index in [-0.39, 0.29) is 17.5 Å². The Morgan fingerprint density at radius 1 is 1.41 bits per heavy atom. The van der Waals surface area contributed by atoms with Gasteiger partial charge in [-0.2, -0.15) is 0 Å². The summed E-state index contributed by atoms with van der Waals surface area (Å²) in [5, 5.41) is 9.30. The van der Waals surface area contributed by atoms with E-state index in [2.05, 4.69) is 12.3 Å². The van der Waals surface area contributed by atoms with Crippen LogP contribution in [0.5, 0.6) is 5.75 Å². The van der Waals surface area contributed by atoms with Gasteiger partial charge in [-0.15, -0.1) is 0 Å². The Morgan fingerprint density at radius 3 is 2.35 bits per heavy atom. The van der Waals surface area contributed by atoms with Gasteiger partial charge in [0.15, 0.2) is 0 Å². The van der Waals surface area contributed by atoms with E-state index in [0.29, 0.717) is 0 Å². The van der Waals surface area contributed by atoms with Crippen molar-refractivity contribution in [1.29, 1.82) is 0 Å². The molecule has 0 aliphatic rings. The molecular weight excluding hydrogens is 214 g/mol. The molecule has 0 amide bonds. The molecule has 0 aliphatic heterocycles. The second-order valence-electron chi connectivity index (χ2n) is 4.70. The first-order chi connectivity index (χ1) is 7.80. The topological polar surface area (TPSA) is 55.5 Å². The standard InChI is InChI=1S/C12H18O2.C2H5N/c1-9(14-12(2,3)4)10-6-5-7-11(13)8-10;1-2-3/h5-9,13H,1-4H3;2H,1,3H2. The lowest BCUT2D eigenvalue weighted by molar-refractivity contribution is -0.0530. The highest BCUT2D eigenvalue weighted by molar-refractivity contribution is 5.28. The molecular formula is C14H23NO2. The summed E-state index contributed by atoms with van der Waals surface area (Å²) in [5.74, 6) is 0.284. The first-order valence-electron chi connectivity index (χ1n) is 5.59. The van der Waals surface area contributed by atoms with Crippen LogP contribution in [0.2, 0.25) is 0 Å². The molecule has 0 aliphatic carbocycles. The Hall–Kier alpha value is -1.48. The summed E-state index contributed by atoms with van der Waals surface area (Å²) in [6.45, 7) is 11.2. The van der Waals surface area contributed by atoms with Crippen molar-refractivity contribution in [2.24, 2.45) is 5.73 Å². The fraction of sp³-hybridized carbons (Fsp3) is 0.429. The average molecular weight is 237 g/mol. The smallest absolute Gasteiger partial charge is 0.115 e. The second kappa shape index (κ2) is 6.97. The number of phenols is 1. The first-order valence-corrected chi connectivity index (χ1v) is 5.59. The predicted octanol–water partition coefficient (Wildman–Crippen LogP) is 3.36. The summed E-state index contributed by atoms with van der Waals surface area (Å²) in [5.41, 5.74) is 5.45. The molecule has 1 atom stereocenters. The summed E-state index contributed by atoms with van der Waals surface area (Å²) in [7, 11) is 0. The zero-order valence-corrected chi connectivity index (χ0v) is 11.1. The van der Waals surface area contributed by atoms with Gasteiger partial charge in [0.25, 0.3) is 0 Å². The molecule has 1 aromatic carbocycles. The number of aromatic hydroxyl groups is 1. The molecule has 0 bridgehead atoms. The van der Waals surface area contributed by atoms with Gasteiger partial charge < -0.3 is 15.6 Å². The molecule has 17 heavy (non-hydrogen) atoms. The summed E-state index contributed by atoms with van der Waals surface area (Å²) in [6.07, 6.45) is 1.25. The molecule has 0 aromatic heterocycles. The van der Waals surface area contributed by atoms with Crippen LogP contribution < -0.4 is 5.73 Å². The third kappa shape index (κ3) is 7.41. The van der Waals surface area contributed by atoms with Crippen LogP contribution in [0.25, 0.3) is 0 Å². The Bertz CT molecular complexity index is 342. The van der Waals surface area contributed by atoms with Gasteiger partial charge in [0.2, 0.25) is 0 Å². The van der Waals surface area contributed by atoms with Crippen LogP contribution in [0.1, 0.15) is 39.4 Å². The molecule has 0 spiro atoms. The summed E-state index contributed by atoms with van der Waals surface area (Å²) >= 11 is 0. The second-order valence-corrected chi connectivity index (χ2v) is 4.70. The van der Waals surface area contributed by atoms with Crippen molar-refractivity contribution < 1.29 is 9.84 Å². The quantitative estimate of drug-likeness (QED) is 0.829. The molecule has 3 N–H and O–H groups in total. The maximum Gasteiger partial charge on any atom is 0.115 e. The lowest BCUT2D eigenvalue weighted by Crippen LogP contribution is -2.21. The molecule has 0 heterocycles. The molecule has 1 unspecified atom stereocenters. The normalized spacial score (nSPS) is 12.2. The average Bonchev–Trinajstić information content (AvgIpc) is 2.16. The minimum absolute atomic E-state index is 0.00194. The first kappa shape index (κ1) is 15.5. The Labute approximate surface area is 104 Å². The Morgan fingerprint density at radius 2 is 1.94 bits per heavy atom. The molecule has 3 nitrogen and oxygen atoms in total. The van der Waals surface area contributed by atoms with Crippen molar-refractivity contribution in [3.63, 3.8) is 0 Å². The van der Waals surface area contributed by atoms with Crippen LogP contribution in [0.15, 0.2) is 37.0 Å². The molecule has 1 rings (SSSR count). The van der Waals surface area contributed by atoms with Gasteiger partial charge in [0, 0.05) is 0 Å². The van der Waals surface area contributed by atoms with Gasteiger partial charge in [-0.1, -0.05) is 18.7 Å². The maximum absolute atomic E-state index is 9.30. The van der Waals surface area contributed by atoms with E-state index >= 15 is 0 Å². The summed E-state index contributed by atoms with van der Waals surface area (Å²) in [4.78, 5) is 0. The van der Waals surface area contributed by atoms with Crippen molar-refractivity contribution >= 4 is 0 Å². The fourth-order valence-electron chi connectivity index (χ4n) is 1.38. The molecule has 0 fully saturated rings. The van der Waals surface area contributed by atoms with Crippen molar-refractivity contribution in [2.75, 3.05) is 0 Å². The minimum Gasteiger partial charge on any atom is -0.508 e. The van der Waals surface area contributed by atoms with Crippen molar-refractivity contribution in [1.82, 2.24) is 0 Å². The number of ether oxygens (including phenoxy) is 1. The number of hydrogen-bond acceptors (Lipinski definition) is 3. The van der Waals surface area contributed by atoms with Crippen LogP contribution in [0.4, 0.5) is 0 Å². The Kier molecular flexibility index (Phi) is 6.36. The van der Waals surface area contributed by atoms with E-state index in [1.807, 2.05) is 39.8 Å². The highest BCUT2D eigenvalue weighted by atomic mass is 16.5. The molecule has 0 saturated carbocycles. The van der Waals surface area contributed by atoms with E-state index < -0.39 is 0 Å². The van der Waals surface area contributed by atoms with Crippen LogP contribution in [-0.4, -0.2) is 10.7 Å². The van der Waals surface area contributed by atoms with E-state index in [1.165, 1.54) is 6.20 Å². The lowest BCUT2D eigenvalue weighted by atomic mass is 10.1. The number of phenolic OH excluding ortho intramolecular Hbond substituents is 1.